The van der Waals surface area contributed by atoms with Crippen molar-refractivity contribution < 1.29 is 9.53 Å². The van der Waals surface area contributed by atoms with Gasteiger partial charge in [-0.3, -0.25) is 9.78 Å². The van der Waals surface area contributed by atoms with Gasteiger partial charge in [0.2, 0.25) is 5.91 Å². The van der Waals surface area contributed by atoms with Gasteiger partial charge >= 0.3 is 0 Å². The number of amides is 1. The zero-order chi connectivity index (χ0) is 15.1. The summed E-state index contributed by atoms with van der Waals surface area (Å²) in [7, 11) is 0. The molecule has 21 heavy (non-hydrogen) atoms. The van der Waals surface area contributed by atoms with E-state index in [1.165, 1.54) is 0 Å². The molecule has 3 N–H and O–H groups in total. The molecule has 1 aliphatic rings. The van der Waals surface area contributed by atoms with Crippen molar-refractivity contribution in [3.05, 3.63) is 29.6 Å². The second kappa shape index (κ2) is 8.10. The summed E-state index contributed by atoms with van der Waals surface area (Å²) in [5, 5.41) is 2.88. The number of carbonyl (C=O) groups excluding carboxylic acids is 1. The van der Waals surface area contributed by atoms with E-state index < -0.39 is 0 Å². The smallest absolute Gasteiger partial charge is 0.226 e. The topological polar surface area (TPSA) is 77.2 Å². The number of aryl methyl sites for hydroxylation is 1. The highest BCUT2D eigenvalue weighted by Crippen LogP contribution is 2.19. The molecule has 0 saturated heterocycles. The Morgan fingerprint density at radius 2 is 2.19 bits per heavy atom. The Bertz CT molecular complexity index is 457. The van der Waals surface area contributed by atoms with Gasteiger partial charge in [-0.1, -0.05) is 6.07 Å². The zero-order valence-electron chi connectivity index (χ0n) is 12.7. The van der Waals surface area contributed by atoms with Crippen LogP contribution in [0.5, 0.6) is 0 Å². The number of pyridine rings is 1. The lowest BCUT2D eigenvalue weighted by Gasteiger charge is -2.26. The molecule has 5 nitrogen and oxygen atoms in total. The van der Waals surface area contributed by atoms with Crippen LogP contribution in [0.1, 0.15) is 36.9 Å². The summed E-state index contributed by atoms with van der Waals surface area (Å²) < 4.78 is 5.77. The van der Waals surface area contributed by atoms with Crippen molar-refractivity contribution in [1.29, 1.82) is 0 Å². The molecule has 1 aromatic rings. The van der Waals surface area contributed by atoms with Crippen LogP contribution in [0.15, 0.2) is 18.3 Å². The molecule has 0 radical (unpaired) electrons. The summed E-state index contributed by atoms with van der Waals surface area (Å²) in [6, 6.07) is 4.18. The molecule has 2 rings (SSSR count). The largest absolute Gasteiger partial charge is 0.376 e. The molecule has 0 spiro atoms. The van der Waals surface area contributed by atoms with Gasteiger partial charge in [-0.25, -0.2) is 0 Å². The van der Waals surface area contributed by atoms with Crippen molar-refractivity contribution in [3.8, 4) is 0 Å². The van der Waals surface area contributed by atoms with E-state index in [4.69, 9.17) is 10.5 Å². The first-order valence-electron chi connectivity index (χ1n) is 7.69. The average Bonchev–Trinajstić information content (AvgIpc) is 2.48. The van der Waals surface area contributed by atoms with E-state index in [0.717, 1.165) is 36.9 Å². The Balaban J connectivity index is 1.60. The van der Waals surface area contributed by atoms with E-state index in [-0.39, 0.29) is 5.91 Å². The van der Waals surface area contributed by atoms with E-state index in [2.05, 4.69) is 10.3 Å². The van der Waals surface area contributed by atoms with Crippen molar-refractivity contribution in [2.24, 2.45) is 5.73 Å². The van der Waals surface area contributed by atoms with Gasteiger partial charge in [-0.15, -0.1) is 0 Å². The van der Waals surface area contributed by atoms with E-state index in [1.807, 2.05) is 19.1 Å². The van der Waals surface area contributed by atoms with Gasteiger partial charge in [0.1, 0.15) is 0 Å². The Morgan fingerprint density at radius 3 is 2.90 bits per heavy atom. The Kier molecular flexibility index (Phi) is 6.14. The number of carbonyl (C=O) groups is 1. The molecule has 1 saturated carbocycles. The van der Waals surface area contributed by atoms with Crippen LogP contribution in [0, 0.1) is 6.92 Å². The lowest BCUT2D eigenvalue weighted by molar-refractivity contribution is -0.120. The predicted molar refractivity (Wildman–Crippen MR) is 81.9 cm³/mol. The number of hydrogen-bond acceptors (Lipinski definition) is 4. The van der Waals surface area contributed by atoms with E-state index in [1.54, 1.807) is 6.20 Å². The summed E-state index contributed by atoms with van der Waals surface area (Å²) in [5.41, 5.74) is 7.73. The number of nitrogens with zero attached hydrogens (tertiary/aromatic N) is 1. The molecular formula is C16H25N3O2. The molecule has 1 amide bonds. The maximum atomic E-state index is 11.8. The minimum Gasteiger partial charge on any atom is -0.376 e. The zero-order valence-corrected chi connectivity index (χ0v) is 12.7. The molecule has 1 heterocycles. The minimum absolute atomic E-state index is 0.00827. The molecule has 5 heteroatoms. The van der Waals surface area contributed by atoms with Crippen molar-refractivity contribution in [3.63, 3.8) is 0 Å². The number of aromatic nitrogens is 1. The summed E-state index contributed by atoms with van der Waals surface area (Å²) >= 11 is 0. The quantitative estimate of drug-likeness (QED) is 0.775. The highest BCUT2D eigenvalue weighted by Gasteiger charge is 2.18. The lowest BCUT2D eigenvalue weighted by atomic mass is 9.94. The molecule has 0 aromatic carbocycles. The average molecular weight is 291 g/mol. The molecule has 1 aliphatic carbocycles. The molecule has 0 unspecified atom stereocenters. The normalized spacial score (nSPS) is 22.0. The van der Waals surface area contributed by atoms with E-state index in [9.17, 15) is 4.79 Å². The second-order valence-electron chi connectivity index (χ2n) is 5.70. The minimum atomic E-state index is -0.00827. The van der Waals surface area contributed by atoms with Crippen LogP contribution in [0.4, 0.5) is 0 Å². The fourth-order valence-electron chi connectivity index (χ4n) is 2.59. The molecule has 0 bridgehead atoms. The number of hydrogen-bond donors (Lipinski definition) is 2. The van der Waals surface area contributed by atoms with Crippen LogP contribution < -0.4 is 11.1 Å². The van der Waals surface area contributed by atoms with Crippen molar-refractivity contribution in [2.75, 3.05) is 13.2 Å². The SMILES string of the molecule is Cc1cccnc1CC(=O)NCCOC1CCC(N)CC1. The number of nitrogens with two attached hydrogens (primary N) is 1. The first-order valence-corrected chi connectivity index (χ1v) is 7.69. The third-order valence-electron chi connectivity index (χ3n) is 3.94. The molecule has 116 valence electrons. The summed E-state index contributed by atoms with van der Waals surface area (Å²) in [6.45, 7) is 3.08. The maximum absolute atomic E-state index is 11.8. The summed E-state index contributed by atoms with van der Waals surface area (Å²) in [6.07, 6.45) is 6.48. The van der Waals surface area contributed by atoms with Crippen molar-refractivity contribution in [2.45, 2.75) is 51.2 Å². The van der Waals surface area contributed by atoms with Gasteiger partial charge in [0.05, 0.1) is 24.8 Å². The highest BCUT2D eigenvalue weighted by atomic mass is 16.5. The molecule has 1 aromatic heterocycles. The standard InChI is InChI=1S/C16H25N3O2/c1-12-3-2-8-18-15(12)11-16(20)19-9-10-21-14-6-4-13(17)5-7-14/h2-3,8,13-14H,4-7,9-11,17H2,1H3,(H,19,20). The van der Waals surface area contributed by atoms with Crippen molar-refractivity contribution >= 4 is 5.91 Å². The molecule has 0 atom stereocenters. The van der Waals surface area contributed by atoms with Gasteiger partial charge in [-0.2, -0.15) is 0 Å². The summed E-state index contributed by atoms with van der Waals surface area (Å²) in [5.74, 6) is -0.00827. The van der Waals surface area contributed by atoms with Gasteiger partial charge in [0.25, 0.3) is 0 Å². The van der Waals surface area contributed by atoms with Crippen LogP contribution >= 0.6 is 0 Å². The third-order valence-corrected chi connectivity index (χ3v) is 3.94. The number of rotatable bonds is 6. The van der Waals surface area contributed by atoms with Crippen LogP contribution in [0.2, 0.25) is 0 Å². The number of nitrogens with one attached hydrogen (secondary N) is 1. The van der Waals surface area contributed by atoms with Gasteiger partial charge in [0, 0.05) is 18.8 Å². The van der Waals surface area contributed by atoms with E-state index >= 15 is 0 Å². The van der Waals surface area contributed by atoms with E-state index in [0.29, 0.717) is 31.7 Å². The van der Waals surface area contributed by atoms with Crippen LogP contribution in [-0.4, -0.2) is 36.2 Å². The highest BCUT2D eigenvalue weighted by molar-refractivity contribution is 5.78. The Morgan fingerprint density at radius 1 is 1.43 bits per heavy atom. The van der Waals surface area contributed by atoms with Gasteiger partial charge in [-0.05, 0) is 44.2 Å². The Hall–Kier alpha value is -1.46. The molecular weight excluding hydrogens is 266 g/mol. The summed E-state index contributed by atoms with van der Waals surface area (Å²) in [4.78, 5) is 16.1. The fraction of sp³-hybridized carbons (Fsp3) is 0.625. The predicted octanol–water partition coefficient (Wildman–Crippen LogP) is 1.34. The van der Waals surface area contributed by atoms with Gasteiger partial charge < -0.3 is 15.8 Å². The first kappa shape index (κ1) is 15.9. The van der Waals surface area contributed by atoms with Gasteiger partial charge in [0.15, 0.2) is 0 Å². The lowest BCUT2D eigenvalue weighted by Crippen LogP contribution is -2.33. The second-order valence-corrected chi connectivity index (χ2v) is 5.70. The molecule has 1 fully saturated rings. The fourth-order valence-corrected chi connectivity index (χ4v) is 2.59. The molecule has 0 aliphatic heterocycles. The maximum Gasteiger partial charge on any atom is 0.226 e. The van der Waals surface area contributed by atoms with Crippen LogP contribution in [-0.2, 0) is 16.0 Å². The Labute approximate surface area is 126 Å². The van der Waals surface area contributed by atoms with Crippen molar-refractivity contribution in [1.82, 2.24) is 10.3 Å². The van der Waals surface area contributed by atoms with Crippen LogP contribution in [0.3, 0.4) is 0 Å². The monoisotopic (exact) mass is 291 g/mol. The van der Waals surface area contributed by atoms with Crippen LogP contribution in [0.25, 0.3) is 0 Å². The number of ether oxygens (including phenoxy) is 1. The first-order chi connectivity index (χ1) is 10.1. The third kappa shape index (κ3) is 5.44.